The monoisotopic (exact) mass is 284 g/mol. The topological polar surface area (TPSA) is 35.0 Å². The Morgan fingerprint density at radius 2 is 1.71 bits per heavy atom. The Morgan fingerprint density at radius 1 is 1.00 bits per heavy atom. The molecule has 0 aliphatic carbocycles. The van der Waals surface area contributed by atoms with E-state index in [1.807, 2.05) is 18.2 Å². The van der Waals surface area contributed by atoms with Crippen molar-refractivity contribution in [1.29, 1.82) is 0 Å². The first-order valence-corrected chi connectivity index (χ1v) is 7.81. The molecule has 0 saturated heterocycles. The highest BCUT2D eigenvalue weighted by molar-refractivity contribution is 5.25. The van der Waals surface area contributed by atoms with E-state index >= 15 is 0 Å². The molecule has 3 heteroatoms. The van der Waals surface area contributed by atoms with Gasteiger partial charge in [0.1, 0.15) is 5.82 Å². The molecule has 3 nitrogen and oxygen atoms in total. The van der Waals surface area contributed by atoms with Crippen LogP contribution in [-0.2, 0) is 0 Å². The minimum atomic E-state index is 0.199. The van der Waals surface area contributed by atoms with Crippen LogP contribution in [0.4, 0.5) is 0 Å². The van der Waals surface area contributed by atoms with Crippen molar-refractivity contribution < 1.29 is 4.74 Å². The van der Waals surface area contributed by atoms with Gasteiger partial charge in [-0.1, -0.05) is 63.4 Å². The minimum absolute atomic E-state index is 0.199. The van der Waals surface area contributed by atoms with Gasteiger partial charge in [0.15, 0.2) is 5.75 Å². The van der Waals surface area contributed by atoms with Gasteiger partial charge in [-0.25, -0.2) is 9.97 Å². The van der Waals surface area contributed by atoms with Gasteiger partial charge >= 0.3 is 0 Å². The summed E-state index contributed by atoms with van der Waals surface area (Å²) in [5.74, 6) is 1.79. The Labute approximate surface area is 127 Å². The fraction of sp³-hybridized carbons (Fsp3) is 0.444. The Bertz CT molecular complexity index is 511. The molecule has 0 radical (unpaired) electrons. The van der Waals surface area contributed by atoms with Crippen LogP contribution in [0.2, 0.25) is 0 Å². The SMILES string of the molecule is CCCCCCOc1cnc(C(C)c2ccccc2)nc1. The molecular weight excluding hydrogens is 260 g/mol. The van der Waals surface area contributed by atoms with Crippen molar-refractivity contribution >= 4 is 0 Å². The van der Waals surface area contributed by atoms with Crippen LogP contribution < -0.4 is 4.74 Å². The van der Waals surface area contributed by atoms with Gasteiger partial charge in [-0.3, -0.25) is 0 Å². The third-order valence-corrected chi connectivity index (χ3v) is 3.60. The second-order valence-electron chi connectivity index (χ2n) is 5.32. The molecule has 0 fully saturated rings. The van der Waals surface area contributed by atoms with Crippen molar-refractivity contribution in [2.45, 2.75) is 45.4 Å². The lowest BCUT2D eigenvalue weighted by molar-refractivity contribution is 0.302. The zero-order chi connectivity index (χ0) is 14.9. The Hall–Kier alpha value is -1.90. The normalized spacial score (nSPS) is 12.1. The Kier molecular flexibility index (Phi) is 6.20. The lowest BCUT2D eigenvalue weighted by Crippen LogP contribution is -2.04. The average molecular weight is 284 g/mol. The van der Waals surface area contributed by atoms with Crippen molar-refractivity contribution in [3.8, 4) is 5.75 Å². The van der Waals surface area contributed by atoms with Crippen LogP contribution in [-0.4, -0.2) is 16.6 Å². The first-order valence-electron chi connectivity index (χ1n) is 7.81. The molecule has 112 valence electrons. The standard InChI is InChI=1S/C18H24N2O/c1-3-4-5-9-12-21-17-13-19-18(20-14-17)15(2)16-10-7-6-8-11-16/h6-8,10-11,13-15H,3-5,9,12H2,1-2H3. The fourth-order valence-corrected chi connectivity index (χ4v) is 2.23. The molecule has 2 rings (SSSR count). The van der Waals surface area contributed by atoms with Gasteiger partial charge in [-0.15, -0.1) is 0 Å². The van der Waals surface area contributed by atoms with Gasteiger partial charge in [0.25, 0.3) is 0 Å². The fourth-order valence-electron chi connectivity index (χ4n) is 2.23. The number of unbranched alkanes of at least 4 members (excludes halogenated alkanes) is 3. The largest absolute Gasteiger partial charge is 0.490 e. The summed E-state index contributed by atoms with van der Waals surface area (Å²) in [5, 5.41) is 0. The first-order chi connectivity index (χ1) is 10.3. The number of ether oxygens (including phenoxy) is 1. The smallest absolute Gasteiger partial charge is 0.155 e. The molecule has 1 atom stereocenters. The van der Waals surface area contributed by atoms with Crippen LogP contribution in [0, 0.1) is 0 Å². The molecule has 1 heterocycles. The molecule has 0 saturated carbocycles. The molecular formula is C18H24N2O. The molecule has 2 aromatic rings. The Balaban J connectivity index is 1.87. The van der Waals surface area contributed by atoms with Crippen LogP contribution in [0.1, 0.15) is 56.8 Å². The summed E-state index contributed by atoms with van der Waals surface area (Å²) >= 11 is 0. The van der Waals surface area contributed by atoms with Crippen molar-refractivity contribution in [3.63, 3.8) is 0 Å². The molecule has 21 heavy (non-hydrogen) atoms. The predicted octanol–water partition coefficient (Wildman–Crippen LogP) is 4.59. The lowest BCUT2D eigenvalue weighted by Gasteiger charge is -2.11. The van der Waals surface area contributed by atoms with Crippen molar-refractivity contribution in [3.05, 3.63) is 54.1 Å². The number of nitrogens with zero attached hydrogens (tertiary/aromatic N) is 2. The maximum atomic E-state index is 5.67. The van der Waals surface area contributed by atoms with E-state index in [2.05, 4.69) is 35.9 Å². The van der Waals surface area contributed by atoms with E-state index in [4.69, 9.17) is 4.74 Å². The highest BCUT2D eigenvalue weighted by atomic mass is 16.5. The third-order valence-electron chi connectivity index (χ3n) is 3.60. The maximum Gasteiger partial charge on any atom is 0.155 e. The zero-order valence-electron chi connectivity index (χ0n) is 13.0. The van der Waals surface area contributed by atoms with Crippen molar-refractivity contribution in [1.82, 2.24) is 9.97 Å². The van der Waals surface area contributed by atoms with Crippen LogP contribution in [0.3, 0.4) is 0 Å². The maximum absolute atomic E-state index is 5.67. The number of rotatable bonds is 8. The van der Waals surface area contributed by atoms with Crippen molar-refractivity contribution in [2.24, 2.45) is 0 Å². The first kappa shape index (κ1) is 15.5. The van der Waals surface area contributed by atoms with Gasteiger partial charge in [-0.05, 0) is 12.0 Å². The van der Waals surface area contributed by atoms with Crippen molar-refractivity contribution in [2.75, 3.05) is 6.61 Å². The average Bonchev–Trinajstić information content (AvgIpc) is 2.55. The van der Waals surface area contributed by atoms with E-state index in [0.717, 1.165) is 24.6 Å². The summed E-state index contributed by atoms with van der Waals surface area (Å²) < 4.78 is 5.67. The summed E-state index contributed by atoms with van der Waals surface area (Å²) in [6.45, 7) is 5.08. The van der Waals surface area contributed by atoms with E-state index < -0.39 is 0 Å². The van der Waals surface area contributed by atoms with Gasteiger partial charge in [-0.2, -0.15) is 0 Å². The van der Waals surface area contributed by atoms with E-state index in [9.17, 15) is 0 Å². The van der Waals surface area contributed by atoms with Crippen LogP contribution in [0.25, 0.3) is 0 Å². The number of aromatic nitrogens is 2. The summed E-state index contributed by atoms with van der Waals surface area (Å²) in [7, 11) is 0. The molecule has 1 aromatic heterocycles. The highest BCUT2D eigenvalue weighted by Crippen LogP contribution is 2.21. The third kappa shape index (κ3) is 4.85. The second-order valence-corrected chi connectivity index (χ2v) is 5.32. The summed E-state index contributed by atoms with van der Waals surface area (Å²) in [6.07, 6.45) is 8.39. The highest BCUT2D eigenvalue weighted by Gasteiger charge is 2.10. The van der Waals surface area contributed by atoms with Crippen LogP contribution >= 0.6 is 0 Å². The molecule has 0 aliphatic heterocycles. The molecule has 0 aliphatic rings. The predicted molar refractivity (Wildman–Crippen MR) is 85.6 cm³/mol. The van der Waals surface area contributed by atoms with E-state index in [0.29, 0.717) is 0 Å². The zero-order valence-corrected chi connectivity index (χ0v) is 13.0. The van der Waals surface area contributed by atoms with Gasteiger partial charge < -0.3 is 4.74 Å². The van der Waals surface area contributed by atoms with E-state index in [1.54, 1.807) is 12.4 Å². The van der Waals surface area contributed by atoms with Gasteiger partial charge in [0.05, 0.1) is 19.0 Å². The number of benzene rings is 1. The van der Waals surface area contributed by atoms with Crippen LogP contribution in [0.15, 0.2) is 42.7 Å². The van der Waals surface area contributed by atoms with E-state index in [-0.39, 0.29) is 5.92 Å². The molecule has 1 aromatic carbocycles. The molecule has 0 spiro atoms. The van der Waals surface area contributed by atoms with Gasteiger partial charge in [0, 0.05) is 5.92 Å². The molecule has 0 bridgehead atoms. The molecule has 0 amide bonds. The molecule has 0 N–H and O–H groups in total. The van der Waals surface area contributed by atoms with E-state index in [1.165, 1.54) is 24.8 Å². The van der Waals surface area contributed by atoms with Gasteiger partial charge in [0.2, 0.25) is 0 Å². The number of hydrogen-bond acceptors (Lipinski definition) is 3. The second kappa shape index (κ2) is 8.40. The quantitative estimate of drug-likeness (QED) is 0.665. The summed E-state index contributed by atoms with van der Waals surface area (Å²) in [6, 6.07) is 10.3. The minimum Gasteiger partial charge on any atom is -0.490 e. The lowest BCUT2D eigenvalue weighted by atomic mass is 10.0. The Morgan fingerprint density at radius 3 is 2.38 bits per heavy atom. The summed E-state index contributed by atoms with van der Waals surface area (Å²) in [5.41, 5.74) is 1.23. The number of hydrogen-bond donors (Lipinski definition) is 0. The van der Waals surface area contributed by atoms with Crippen LogP contribution in [0.5, 0.6) is 5.75 Å². The molecule has 1 unspecified atom stereocenters. The summed E-state index contributed by atoms with van der Waals surface area (Å²) in [4.78, 5) is 8.87.